The zero-order valence-electron chi connectivity index (χ0n) is 15.9. The fourth-order valence-corrected chi connectivity index (χ4v) is 3.28. The van der Waals surface area contributed by atoms with Crippen molar-refractivity contribution in [3.8, 4) is 16.9 Å². The smallest absolute Gasteiger partial charge is 0.343 e. The van der Waals surface area contributed by atoms with Crippen LogP contribution in [0.1, 0.15) is 21.7 Å². The molecule has 1 heterocycles. The van der Waals surface area contributed by atoms with Crippen LogP contribution >= 0.6 is 11.6 Å². The molecule has 29 heavy (non-hydrogen) atoms. The molecule has 0 radical (unpaired) electrons. The summed E-state index contributed by atoms with van der Waals surface area (Å²) < 4.78 is 11.3. The van der Waals surface area contributed by atoms with Crippen LogP contribution in [-0.2, 0) is 0 Å². The molecule has 0 N–H and O–H groups in total. The van der Waals surface area contributed by atoms with Gasteiger partial charge in [0, 0.05) is 11.1 Å². The molecule has 0 amide bonds. The third-order valence-electron chi connectivity index (χ3n) is 4.67. The molecule has 3 aromatic carbocycles. The van der Waals surface area contributed by atoms with Crippen LogP contribution in [-0.4, -0.2) is 5.97 Å². The van der Waals surface area contributed by atoms with Crippen LogP contribution in [0, 0.1) is 13.8 Å². The van der Waals surface area contributed by atoms with Gasteiger partial charge >= 0.3 is 5.97 Å². The van der Waals surface area contributed by atoms with Crippen molar-refractivity contribution in [2.75, 3.05) is 0 Å². The maximum absolute atomic E-state index is 13.0. The Morgan fingerprint density at radius 2 is 1.62 bits per heavy atom. The average molecular weight is 405 g/mol. The molecular formula is C24H17ClO4. The molecule has 0 aliphatic carbocycles. The van der Waals surface area contributed by atoms with Crippen LogP contribution in [0.25, 0.3) is 22.1 Å². The van der Waals surface area contributed by atoms with Crippen LogP contribution in [0.4, 0.5) is 0 Å². The topological polar surface area (TPSA) is 56.5 Å². The summed E-state index contributed by atoms with van der Waals surface area (Å²) in [4.78, 5) is 25.4. The minimum atomic E-state index is -0.471. The Hall–Kier alpha value is -3.37. The van der Waals surface area contributed by atoms with Gasteiger partial charge in [0.05, 0.1) is 16.5 Å². The van der Waals surface area contributed by atoms with Crippen molar-refractivity contribution in [2.45, 2.75) is 13.8 Å². The van der Waals surface area contributed by atoms with E-state index in [4.69, 9.17) is 20.8 Å². The molecular weight excluding hydrogens is 388 g/mol. The van der Waals surface area contributed by atoms with Crippen LogP contribution in [0.5, 0.6) is 5.75 Å². The van der Waals surface area contributed by atoms with E-state index in [2.05, 4.69) is 0 Å². The predicted octanol–water partition coefficient (Wildman–Crippen LogP) is 5.95. The first-order valence-corrected chi connectivity index (χ1v) is 9.42. The van der Waals surface area contributed by atoms with Crippen molar-refractivity contribution in [1.82, 2.24) is 0 Å². The zero-order valence-corrected chi connectivity index (χ0v) is 16.6. The Morgan fingerprint density at radius 1 is 0.931 bits per heavy atom. The maximum atomic E-state index is 13.0. The van der Waals surface area contributed by atoms with E-state index in [9.17, 15) is 9.59 Å². The number of halogens is 1. The number of carbonyl (C=O) groups excluding carboxylic acids is 1. The van der Waals surface area contributed by atoms with Gasteiger partial charge in [-0.15, -0.1) is 0 Å². The van der Waals surface area contributed by atoms with Gasteiger partial charge in [0.1, 0.15) is 17.1 Å². The van der Waals surface area contributed by atoms with Gasteiger partial charge in [0.15, 0.2) is 0 Å². The molecule has 0 saturated carbocycles. The molecule has 5 heteroatoms. The van der Waals surface area contributed by atoms with E-state index in [1.165, 1.54) is 0 Å². The van der Waals surface area contributed by atoms with Crippen LogP contribution < -0.4 is 10.2 Å². The Morgan fingerprint density at radius 3 is 2.31 bits per heavy atom. The van der Waals surface area contributed by atoms with Crippen LogP contribution in [0.2, 0.25) is 5.02 Å². The number of esters is 1. The van der Waals surface area contributed by atoms with E-state index in [1.807, 2.05) is 19.1 Å². The molecule has 0 atom stereocenters. The van der Waals surface area contributed by atoms with E-state index >= 15 is 0 Å². The van der Waals surface area contributed by atoms with Crippen molar-refractivity contribution in [1.29, 1.82) is 0 Å². The van der Waals surface area contributed by atoms with Crippen molar-refractivity contribution < 1.29 is 13.9 Å². The van der Waals surface area contributed by atoms with E-state index < -0.39 is 5.97 Å². The first-order valence-electron chi connectivity index (χ1n) is 9.04. The summed E-state index contributed by atoms with van der Waals surface area (Å²) in [5.74, 6) is 0.318. The average Bonchev–Trinajstić information content (AvgIpc) is 2.69. The van der Waals surface area contributed by atoms with Gasteiger partial charge in [-0.1, -0.05) is 41.4 Å². The van der Waals surface area contributed by atoms with Gasteiger partial charge < -0.3 is 9.15 Å². The van der Waals surface area contributed by atoms with Crippen LogP contribution in [0.15, 0.2) is 75.9 Å². The first-order chi connectivity index (χ1) is 13.9. The van der Waals surface area contributed by atoms with E-state index in [1.54, 1.807) is 61.5 Å². The number of hydrogen-bond acceptors (Lipinski definition) is 4. The number of fused-ring (bicyclic) bond motifs is 1. The molecule has 0 bridgehead atoms. The number of benzene rings is 3. The molecule has 144 valence electrons. The largest absolute Gasteiger partial charge is 0.460 e. The Bertz CT molecular complexity index is 1270. The van der Waals surface area contributed by atoms with Gasteiger partial charge in [-0.2, -0.15) is 0 Å². The molecule has 0 saturated heterocycles. The number of ether oxygens (including phenoxy) is 1. The summed E-state index contributed by atoms with van der Waals surface area (Å²) in [6.45, 7) is 3.68. The molecule has 4 nitrogen and oxygen atoms in total. The minimum Gasteiger partial charge on any atom is -0.460 e. The van der Waals surface area contributed by atoms with Gasteiger partial charge in [-0.3, -0.25) is 4.79 Å². The van der Waals surface area contributed by atoms with Crippen molar-refractivity contribution in [2.24, 2.45) is 0 Å². The lowest BCUT2D eigenvalue weighted by molar-refractivity contribution is 0.0735. The zero-order chi connectivity index (χ0) is 20.5. The maximum Gasteiger partial charge on any atom is 0.343 e. The van der Waals surface area contributed by atoms with Gasteiger partial charge in [0.2, 0.25) is 5.43 Å². The highest BCUT2D eigenvalue weighted by Crippen LogP contribution is 2.27. The molecule has 4 rings (SSSR count). The minimum absolute atomic E-state index is 0.150. The summed E-state index contributed by atoms with van der Waals surface area (Å²) in [7, 11) is 0. The lowest BCUT2D eigenvalue weighted by Gasteiger charge is -2.09. The molecule has 1 aromatic heterocycles. The summed E-state index contributed by atoms with van der Waals surface area (Å²) in [5.41, 5.74) is 2.94. The van der Waals surface area contributed by atoms with E-state index in [0.29, 0.717) is 38.6 Å². The Kier molecular flexibility index (Phi) is 4.95. The third-order valence-corrected chi connectivity index (χ3v) is 4.92. The second-order valence-electron chi connectivity index (χ2n) is 6.78. The Labute approximate surface area is 172 Å². The lowest BCUT2D eigenvalue weighted by Crippen LogP contribution is -2.10. The highest BCUT2D eigenvalue weighted by molar-refractivity contribution is 6.30. The van der Waals surface area contributed by atoms with Gasteiger partial charge in [-0.25, -0.2) is 4.79 Å². The SMILES string of the molecule is Cc1ccc(C(=O)Oc2ccc3c(=O)c(-c4ccc(Cl)cc4)c(C)oc3c2)cc1. The molecule has 4 aromatic rings. The van der Waals surface area contributed by atoms with Crippen molar-refractivity contribution in [3.63, 3.8) is 0 Å². The number of hydrogen-bond donors (Lipinski definition) is 0. The quantitative estimate of drug-likeness (QED) is 0.313. The second kappa shape index (κ2) is 7.57. The standard InChI is InChI=1S/C24H17ClO4/c1-14-3-5-17(6-4-14)24(27)29-19-11-12-20-21(13-19)28-15(2)22(23(20)26)16-7-9-18(25)10-8-16/h3-13H,1-2H3. The van der Waals surface area contributed by atoms with Gasteiger partial charge in [0.25, 0.3) is 0 Å². The van der Waals surface area contributed by atoms with E-state index in [-0.39, 0.29) is 5.43 Å². The highest BCUT2D eigenvalue weighted by atomic mass is 35.5. The second-order valence-corrected chi connectivity index (χ2v) is 7.22. The van der Waals surface area contributed by atoms with Crippen molar-refractivity contribution in [3.05, 3.63) is 98.9 Å². The monoisotopic (exact) mass is 404 g/mol. The molecule has 0 unspecified atom stereocenters. The van der Waals surface area contributed by atoms with Gasteiger partial charge in [-0.05, 0) is 55.8 Å². The molecule has 0 spiro atoms. The number of aryl methyl sites for hydroxylation is 2. The number of rotatable bonds is 3. The van der Waals surface area contributed by atoms with Crippen LogP contribution in [0.3, 0.4) is 0 Å². The fourth-order valence-electron chi connectivity index (χ4n) is 3.16. The summed E-state index contributed by atoms with van der Waals surface area (Å²) >= 11 is 5.94. The number of carbonyl (C=O) groups is 1. The summed E-state index contributed by atoms with van der Waals surface area (Å²) in [6.07, 6.45) is 0. The lowest BCUT2D eigenvalue weighted by atomic mass is 10.0. The fraction of sp³-hybridized carbons (Fsp3) is 0.0833. The first kappa shape index (κ1) is 19.0. The molecule has 0 aliphatic rings. The molecule has 0 fully saturated rings. The van der Waals surface area contributed by atoms with Crippen molar-refractivity contribution >= 4 is 28.5 Å². The highest BCUT2D eigenvalue weighted by Gasteiger charge is 2.15. The third kappa shape index (κ3) is 3.80. The summed E-state index contributed by atoms with van der Waals surface area (Å²) in [6, 6.07) is 18.9. The van der Waals surface area contributed by atoms with E-state index in [0.717, 1.165) is 11.1 Å². The normalized spacial score (nSPS) is 10.9. The predicted molar refractivity (Wildman–Crippen MR) is 114 cm³/mol. The molecule has 0 aliphatic heterocycles. The summed E-state index contributed by atoms with van der Waals surface area (Å²) in [5, 5.41) is 1.01. The Balaban J connectivity index is 1.71.